The first-order valence-electron chi connectivity index (χ1n) is 5.23. The summed E-state index contributed by atoms with van der Waals surface area (Å²) in [7, 11) is 0. The molecule has 0 bridgehead atoms. The van der Waals surface area contributed by atoms with Gasteiger partial charge in [0.25, 0.3) is 0 Å². The number of ether oxygens (including phenoxy) is 1. The Hall–Kier alpha value is -2.01. The van der Waals surface area contributed by atoms with Crippen LogP contribution in [-0.2, 0) is 0 Å². The maximum atomic E-state index is 10.9. The molecule has 0 amide bonds. The summed E-state index contributed by atoms with van der Waals surface area (Å²) >= 11 is 6.03. The summed E-state index contributed by atoms with van der Waals surface area (Å²) in [5, 5.41) is 9.33. The molecule has 0 unspecified atom stereocenters. The van der Waals surface area contributed by atoms with Crippen LogP contribution in [0.2, 0.25) is 5.02 Å². The van der Waals surface area contributed by atoms with Crippen molar-refractivity contribution < 1.29 is 19.1 Å². The molecule has 1 aromatic heterocycles. The lowest BCUT2D eigenvalue weighted by atomic mass is 10.1. The molecule has 1 N–H and O–H groups in total. The minimum Gasteiger partial charge on any atom is -0.492 e. The minimum absolute atomic E-state index is 0.213. The van der Waals surface area contributed by atoms with E-state index in [1.807, 2.05) is 6.92 Å². The predicted octanol–water partition coefficient (Wildman–Crippen LogP) is 3.09. The zero-order chi connectivity index (χ0) is 13.1. The first-order valence-corrected chi connectivity index (χ1v) is 5.60. The second-order valence-electron chi connectivity index (χ2n) is 3.41. The van der Waals surface area contributed by atoms with E-state index in [0.29, 0.717) is 22.9 Å². The van der Waals surface area contributed by atoms with Crippen LogP contribution in [0.25, 0.3) is 11.3 Å². The van der Waals surface area contributed by atoms with E-state index in [-0.39, 0.29) is 11.5 Å². The minimum atomic E-state index is -1.17. The van der Waals surface area contributed by atoms with Gasteiger partial charge in [0.15, 0.2) is 6.39 Å². The zero-order valence-electron chi connectivity index (χ0n) is 9.51. The van der Waals surface area contributed by atoms with Gasteiger partial charge in [-0.25, -0.2) is 9.78 Å². The van der Waals surface area contributed by atoms with E-state index in [1.54, 1.807) is 18.2 Å². The molecule has 1 aromatic carbocycles. The number of aromatic carboxylic acids is 1. The highest BCUT2D eigenvalue weighted by Crippen LogP contribution is 2.31. The molecule has 6 heteroatoms. The summed E-state index contributed by atoms with van der Waals surface area (Å²) in [6.45, 7) is 2.35. The number of carboxylic acids is 1. The second kappa shape index (κ2) is 5.10. The molecule has 0 atom stereocenters. The molecule has 2 rings (SSSR count). The summed E-state index contributed by atoms with van der Waals surface area (Å²) in [6.07, 6.45) is 1.09. The van der Waals surface area contributed by atoms with Crippen molar-refractivity contribution >= 4 is 17.6 Å². The third-order valence-electron chi connectivity index (χ3n) is 2.27. The smallest absolute Gasteiger partial charge is 0.374 e. The Morgan fingerprint density at radius 3 is 2.94 bits per heavy atom. The van der Waals surface area contributed by atoms with Gasteiger partial charge in [0.05, 0.1) is 11.6 Å². The average Bonchev–Trinajstić information content (AvgIpc) is 2.81. The summed E-state index contributed by atoms with van der Waals surface area (Å²) in [5.74, 6) is -0.842. The van der Waals surface area contributed by atoms with Crippen LogP contribution in [0.1, 0.15) is 17.5 Å². The van der Waals surface area contributed by atoms with E-state index in [2.05, 4.69) is 4.98 Å². The number of hydrogen-bond acceptors (Lipinski definition) is 4. The van der Waals surface area contributed by atoms with Crippen LogP contribution < -0.4 is 4.74 Å². The molecule has 18 heavy (non-hydrogen) atoms. The van der Waals surface area contributed by atoms with E-state index >= 15 is 0 Å². The van der Waals surface area contributed by atoms with Crippen molar-refractivity contribution in [3.05, 3.63) is 35.4 Å². The third-order valence-corrected chi connectivity index (χ3v) is 2.56. The summed E-state index contributed by atoms with van der Waals surface area (Å²) < 4.78 is 10.1. The van der Waals surface area contributed by atoms with Gasteiger partial charge >= 0.3 is 5.97 Å². The quantitative estimate of drug-likeness (QED) is 0.921. The molecule has 0 spiro atoms. The van der Waals surface area contributed by atoms with Gasteiger partial charge in [-0.15, -0.1) is 0 Å². The Labute approximate surface area is 108 Å². The predicted molar refractivity (Wildman–Crippen MR) is 65.1 cm³/mol. The lowest BCUT2D eigenvalue weighted by Crippen LogP contribution is -1.97. The van der Waals surface area contributed by atoms with Crippen molar-refractivity contribution in [3.8, 4) is 17.0 Å². The molecule has 94 valence electrons. The van der Waals surface area contributed by atoms with Gasteiger partial charge in [-0.2, -0.15) is 0 Å². The van der Waals surface area contributed by atoms with Gasteiger partial charge in [-0.05, 0) is 25.1 Å². The summed E-state index contributed by atoms with van der Waals surface area (Å²) in [4.78, 5) is 14.8. The van der Waals surface area contributed by atoms with Gasteiger partial charge < -0.3 is 14.3 Å². The Morgan fingerprint density at radius 2 is 2.33 bits per heavy atom. The molecule has 0 saturated carbocycles. The highest BCUT2D eigenvalue weighted by Gasteiger charge is 2.18. The van der Waals surface area contributed by atoms with Gasteiger partial charge in [-0.1, -0.05) is 11.6 Å². The Morgan fingerprint density at radius 1 is 1.56 bits per heavy atom. The molecule has 0 saturated heterocycles. The highest BCUT2D eigenvalue weighted by molar-refractivity contribution is 6.32. The number of carboxylic acid groups (broad SMARTS) is 1. The lowest BCUT2D eigenvalue weighted by Gasteiger charge is -2.06. The summed E-state index contributed by atoms with van der Waals surface area (Å²) in [5.41, 5.74) is 0.807. The maximum Gasteiger partial charge on any atom is 0.374 e. The van der Waals surface area contributed by atoms with Crippen LogP contribution >= 0.6 is 11.6 Å². The van der Waals surface area contributed by atoms with Gasteiger partial charge in [0, 0.05) is 5.56 Å². The number of benzene rings is 1. The van der Waals surface area contributed by atoms with E-state index in [4.69, 9.17) is 25.9 Å². The molecule has 0 aliphatic carbocycles. The number of aromatic nitrogens is 1. The number of nitrogens with zero attached hydrogens (tertiary/aromatic N) is 1. The Bertz CT molecular complexity index is 579. The van der Waals surface area contributed by atoms with Crippen LogP contribution in [0.15, 0.2) is 29.0 Å². The highest BCUT2D eigenvalue weighted by atomic mass is 35.5. The molecule has 0 radical (unpaired) electrons. The molecular weight excluding hydrogens is 258 g/mol. The van der Waals surface area contributed by atoms with Crippen LogP contribution in [0.4, 0.5) is 0 Å². The van der Waals surface area contributed by atoms with Gasteiger partial charge in [-0.3, -0.25) is 0 Å². The van der Waals surface area contributed by atoms with Crippen molar-refractivity contribution in [1.29, 1.82) is 0 Å². The van der Waals surface area contributed by atoms with Crippen LogP contribution in [0.5, 0.6) is 5.75 Å². The normalized spacial score (nSPS) is 10.3. The van der Waals surface area contributed by atoms with Gasteiger partial charge in [0.1, 0.15) is 11.4 Å². The fourth-order valence-corrected chi connectivity index (χ4v) is 1.76. The fraction of sp³-hybridized carbons (Fsp3) is 0.167. The molecule has 5 nitrogen and oxygen atoms in total. The first kappa shape index (κ1) is 12.4. The SMILES string of the molecule is CCOc1ccc(-c2ncoc2C(=O)O)cc1Cl. The second-order valence-corrected chi connectivity index (χ2v) is 3.82. The molecule has 1 heterocycles. The molecular formula is C12H10ClNO4. The van der Waals surface area contributed by atoms with Gasteiger partial charge in [0.2, 0.25) is 5.76 Å². The third kappa shape index (κ3) is 2.31. The largest absolute Gasteiger partial charge is 0.492 e. The number of hydrogen-bond donors (Lipinski definition) is 1. The standard InChI is InChI=1S/C12H10ClNO4/c1-2-17-9-4-3-7(5-8(9)13)10-11(12(15)16)18-6-14-10/h3-6H,2H2,1H3,(H,15,16). The zero-order valence-corrected chi connectivity index (χ0v) is 10.3. The van der Waals surface area contributed by atoms with E-state index in [0.717, 1.165) is 6.39 Å². The maximum absolute atomic E-state index is 10.9. The van der Waals surface area contributed by atoms with Crippen molar-refractivity contribution in [2.24, 2.45) is 0 Å². The van der Waals surface area contributed by atoms with Crippen LogP contribution in [0, 0.1) is 0 Å². The van der Waals surface area contributed by atoms with Crippen molar-refractivity contribution in [2.45, 2.75) is 6.92 Å². The van der Waals surface area contributed by atoms with Crippen molar-refractivity contribution in [3.63, 3.8) is 0 Å². The summed E-state index contributed by atoms with van der Waals surface area (Å²) in [6, 6.07) is 4.94. The average molecular weight is 268 g/mol. The van der Waals surface area contributed by atoms with Crippen LogP contribution in [-0.4, -0.2) is 22.7 Å². The van der Waals surface area contributed by atoms with Crippen LogP contribution in [0.3, 0.4) is 0 Å². The number of rotatable bonds is 4. The monoisotopic (exact) mass is 267 g/mol. The topological polar surface area (TPSA) is 72.6 Å². The van der Waals surface area contributed by atoms with E-state index in [9.17, 15) is 4.79 Å². The molecule has 2 aromatic rings. The van der Waals surface area contributed by atoms with E-state index < -0.39 is 5.97 Å². The van der Waals surface area contributed by atoms with E-state index in [1.165, 1.54) is 0 Å². The Balaban J connectivity index is 2.42. The Kier molecular flexibility index (Phi) is 3.53. The number of carbonyl (C=O) groups is 1. The lowest BCUT2D eigenvalue weighted by molar-refractivity contribution is 0.0663. The van der Waals surface area contributed by atoms with Crippen molar-refractivity contribution in [1.82, 2.24) is 4.98 Å². The molecule has 0 fully saturated rings. The molecule has 0 aliphatic heterocycles. The molecule has 0 aliphatic rings. The number of halogens is 1. The first-order chi connectivity index (χ1) is 8.63. The fourth-order valence-electron chi connectivity index (χ4n) is 1.52. The number of oxazole rings is 1. The van der Waals surface area contributed by atoms with Crippen molar-refractivity contribution in [2.75, 3.05) is 6.61 Å².